The van der Waals surface area contributed by atoms with Gasteiger partial charge in [0.1, 0.15) is 0 Å². The molecule has 0 spiro atoms. The first-order valence-electron chi connectivity index (χ1n) is 8.76. The summed E-state index contributed by atoms with van der Waals surface area (Å²) >= 11 is 0. The number of rotatable bonds is 7. The van der Waals surface area contributed by atoms with E-state index in [4.69, 9.17) is 4.74 Å². The highest BCUT2D eigenvalue weighted by molar-refractivity contribution is 6.12. The molecule has 0 unspecified atom stereocenters. The molecule has 2 aromatic rings. The third kappa shape index (κ3) is 5.67. The van der Waals surface area contributed by atoms with Crippen LogP contribution >= 0.6 is 0 Å². The van der Waals surface area contributed by atoms with Crippen molar-refractivity contribution in [3.05, 3.63) is 65.7 Å². The highest BCUT2D eigenvalue weighted by Crippen LogP contribution is 2.18. The van der Waals surface area contributed by atoms with Gasteiger partial charge in [0.05, 0.1) is 11.1 Å². The third-order valence-corrected chi connectivity index (χ3v) is 3.87. The number of carbonyl (C=O) groups is 3. The number of para-hydroxylation sites is 1. The van der Waals surface area contributed by atoms with Gasteiger partial charge in [-0.1, -0.05) is 44.2 Å². The van der Waals surface area contributed by atoms with Crippen molar-refractivity contribution in [2.75, 3.05) is 25.1 Å². The molecule has 0 aliphatic rings. The Kier molecular flexibility index (Phi) is 7.11. The van der Waals surface area contributed by atoms with E-state index in [2.05, 4.69) is 5.32 Å². The lowest BCUT2D eigenvalue weighted by molar-refractivity contribution is -0.124. The smallest absolute Gasteiger partial charge is 0.339 e. The SMILES string of the molecule is CC(C)CNC(=O)COC(=O)c1ccccc1C(=O)N(C)c1ccccc1. The van der Waals surface area contributed by atoms with Crippen molar-refractivity contribution in [2.24, 2.45) is 5.92 Å². The van der Waals surface area contributed by atoms with Crippen LogP contribution in [0.3, 0.4) is 0 Å². The van der Waals surface area contributed by atoms with E-state index in [9.17, 15) is 14.4 Å². The van der Waals surface area contributed by atoms with Crippen molar-refractivity contribution in [1.29, 1.82) is 0 Å². The van der Waals surface area contributed by atoms with Crippen LogP contribution in [0, 0.1) is 5.92 Å². The lowest BCUT2D eigenvalue weighted by Crippen LogP contribution is -2.32. The number of hydrogen-bond donors (Lipinski definition) is 1. The topological polar surface area (TPSA) is 75.7 Å². The van der Waals surface area contributed by atoms with Gasteiger partial charge in [0, 0.05) is 19.3 Å². The molecule has 6 heteroatoms. The van der Waals surface area contributed by atoms with Crippen molar-refractivity contribution in [2.45, 2.75) is 13.8 Å². The van der Waals surface area contributed by atoms with E-state index < -0.39 is 5.97 Å². The molecule has 0 aliphatic carbocycles. The zero-order chi connectivity index (χ0) is 19.8. The van der Waals surface area contributed by atoms with Gasteiger partial charge < -0.3 is 15.0 Å². The van der Waals surface area contributed by atoms with Crippen molar-refractivity contribution >= 4 is 23.5 Å². The van der Waals surface area contributed by atoms with Gasteiger partial charge in [-0.2, -0.15) is 0 Å². The molecule has 27 heavy (non-hydrogen) atoms. The number of esters is 1. The van der Waals surface area contributed by atoms with Gasteiger partial charge in [0.15, 0.2) is 6.61 Å². The Morgan fingerprint density at radius 2 is 1.56 bits per heavy atom. The minimum absolute atomic E-state index is 0.127. The molecule has 0 saturated carbocycles. The highest BCUT2D eigenvalue weighted by Gasteiger charge is 2.22. The summed E-state index contributed by atoms with van der Waals surface area (Å²) in [4.78, 5) is 38.4. The summed E-state index contributed by atoms with van der Waals surface area (Å²) in [5.41, 5.74) is 1.05. The summed E-state index contributed by atoms with van der Waals surface area (Å²) in [7, 11) is 1.64. The number of amides is 2. The van der Waals surface area contributed by atoms with E-state index >= 15 is 0 Å². The van der Waals surface area contributed by atoms with Gasteiger partial charge in [-0.05, 0) is 30.2 Å². The van der Waals surface area contributed by atoms with Crippen LogP contribution < -0.4 is 10.2 Å². The second-order valence-electron chi connectivity index (χ2n) is 6.52. The maximum atomic E-state index is 12.8. The minimum Gasteiger partial charge on any atom is -0.452 e. The molecule has 0 fully saturated rings. The Hall–Kier alpha value is -3.15. The normalized spacial score (nSPS) is 10.4. The maximum absolute atomic E-state index is 12.8. The van der Waals surface area contributed by atoms with Crippen molar-refractivity contribution < 1.29 is 19.1 Å². The second-order valence-corrected chi connectivity index (χ2v) is 6.52. The van der Waals surface area contributed by atoms with Gasteiger partial charge in [0.2, 0.25) is 0 Å². The molecule has 0 heterocycles. The van der Waals surface area contributed by atoms with E-state index in [0.29, 0.717) is 18.2 Å². The van der Waals surface area contributed by atoms with Crippen molar-refractivity contribution in [3.8, 4) is 0 Å². The monoisotopic (exact) mass is 368 g/mol. The van der Waals surface area contributed by atoms with Gasteiger partial charge in [-0.3, -0.25) is 9.59 Å². The predicted octanol–water partition coefficient (Wildman–Crippen LogP) is 2.89. The first-order chi connectivity index (χ1) is 12.9. The van der Waals surface area contributed by atoms with E-state index in [0.717, 1.165) is 0 Å². The summed E-state index contributed by atoms with van der Waals surface area (Å²) in [6.45, 7) is 4.06. The standard InChI is InChI=1S/C21H24N2O4/c1-15(2)13-22-19(24)14-27-21(26)18-12-8-7-11-17(18)20(25)23(3)16-9-5-4-6-10-16/h4-12,15H,13-14H2,1-3H3,(H,22,24). The lowest BCUT2D eigenvalue weighted by Gasteiger charge is -2.18. The van der Waals surface area contributed by atoms with Gasteiger partial charge in [0.25, 0.3) is 11.8 Å². The van der Waals surface area contributed by atoms with Gasteiger partial charge in [-0.15, -0.1) is 0 Å². The van der Waals surface area contributed by atoms with E-state index in [1.807, 2.05) is 32.0 Å². The van der Waals surface area contributed by atoms with Crippen LogP contribution in [0.4, 0.5) is 5.69 Å². The fourth-order valence-electron chi connectivity index (χ4n) is 2.37. The average Bonchev–Trinajstić information content (AvgIpc) is 2.70. The van der Waals surface area contributed by atoms with Crippen LogP contribution in [-0.4, -0.2) is 38.0 Å². The largest absolute Gasteiger partial charge is 0.452 e. The summed E-state index contributed by atoms with van der Waals surface area (Å²) in [6, 6.07) is 15.5. The molecule has 2 amide bonds. The number of carbonyl (C=O) groups excluding carboxylic acids is 3. The molecular weight excluding hydrogens is 344 g/mol. The highest BCUT2D eigenvalue weighted by atomic mass is 16.5. The zero-order valence-corrected chi connectivity index (χ0v) is 15.8. The first kappa shape index (κ1) is 20.2. The van der Waals surface area contributed by atoms with E-state index in [1.165, 1.54) is 11.0 Å². The Morgan fingerprint density at radius 1 is 0.963 bits per heavy atom. The number of anilines is 1. The Labute approximate surface area is 159 Å². The van der Waals surface area contributed by atoms with Crippen LogP contribution in [0.2, 0.25) is 0 Å². The van der Waals surface area contributed by atoms with Crippen LogP contribution in [0.15, 0.2) is 54.6 Å². The van der Waals surface area contributed by atoms with Crippen LogP contribution in [-0.2, 0) is 9.53 Å². The Balaban J connectivity index is 2.09. The summed E-state index contributed by atoms with van der Waals surface area (Å²) < 4.78 is 5.08. The predicted molar refractivity (Wildman–Crippen MR) is 104 cm³/mol. The quantitative estimate of drug-likeness (QED) is 0.763. The van der Waals surface area contributed by atoms with Gasteiger partial charge in [-0.25, -0.2) is 4.79 Å². The van der Waals surface area contributed by atoms with Crippen LogP contribution in [0.1, 0.15) is 34.6 Å². The molecule has 142 valence electrons. The summed E-state index contributed by atoms with van der Waals surface area (Å²) in [5, 5.41) is 2.67. The third-order valence-electron chi connectivity index (χ3n) is 3.87. The van der Waals surface area contributed by atoms with Crippen LogP contribution in [0.5, 0.6) is 0 Å². The average molecular weight is 368 g/mol. The Bertz CT molecular complexity index is 803. The van der Waals surface area contributed by atoms with E-state index in [1.54, 1.807) is 37.4 Å². The number of ether oxygens (including phenoxy) is 1. The molecule has 0 saturated heterocycles. The van der Waals surface area contributed by atoms with Crippen LogP contribution in [0.25, 0.3) is 0 Å². The fraction of sp³-hybridized carbons (Fsp3) is 0.286. The maximum Gasteiger partial charge on any atom is 0.339 e. The molecule has 0 bridgehead atoms. The van der Waals surface area contributed by atoms with E-state index in [-0.39, 0.29) is 29.5 Å². The molecule has 2 rings (SSSR count). The molecule has 0 radical (unpaired) electrons. The Morgan fingerprint density at radius 3 is 2.19 bits per heavy atom. The minimum atomic E-state index is -0.708. The van der Waals surface area contributed by atoms with Crippen molar-refractivity contribution in [1.82, 2.24) is 5.32 Å². The second kappa shape index (κ2) is 9.52. The molecule has 2 aromatic carbocycles. The number of nitrogens with zero attached hydrogens (tertiary/aromatic N) is 1. The molecule has 6 nitrogen and oxygen atoms in total. The number of hydrogen-bond acceptors (Lipinski definition) is 4. The van der Waals surface area contributed by atoms with Gasteiger partial charge >= 0.3 is 5.97 Å². The zero-order valence-electron chi connectivity index (χ0n) is 15.8. The molecular formula is C21H24N2O4. The lowest BCUT2D eigenvalue weighted by atomic mass is 10.1. The first-order valence-corrected chi connectivity index (χ1v) is 8.76. The molecule has 0 aliphatic heterocycles. The molecule has 1 N–H and O–H groups in total. The molecule has 0 atom stereocenters. The van der Waals surface area contributed by atoms with Crippen molar-refractivity contribution in [3.63, 3.8) is 0 Å². The summed E-state index contributed by atoms with van der Waals surface area (Å²) in [6.07, 6.45) is 0. The molecule has 0 aromatic heterocycles. The fourth-order valence-corrected chi connectivity index (χ4v) is 2.37. The number of nitrogens with one attached hydrogen (secondary N) is 1. The summed E-state index contributed by atoms with van der Waals surface area (Å²) in [5.74, 6) is -1.11. The number of benzene rings is 2.